The fourth-order valence-electron chi connectivity index (χ4n) is 1.40. The van der Waals surface area contributed by atoms with Gasteiger partial charge in [-0.15, -0.1) is 11.6 Å². The lowest BCUT2D eigenvalue weighted by atomic mass is 10.1. The molecule has 0 aromatic carbocycles. The number of hydrogen-bond donors (Lipinski definition) is 0. The highest BCUT2D eigenvalue weighted by Crippen LogP contribution is 2.29. The van der Waals surface area contributed by atoms with E-state index in [1.54, 1.807) is 6.08 Å². The van der Waals surface area contributed by atoms with E-state index in [2.05, 4.69) is 6.58 Å². The van der Waals surface area contributed by atoms with Crippen LogP contribution >= 0.6 is 11.6 Å². The van der Waals surface area contributed by atoms with E-state index in [4.69, 9.17) is 11.6 Å². The molecule has 1 atom stereocenters. The van der Waals surface area contributed by atoms with E-state index in [0.717, 1.165) is 11.1 Å². The molecule has 0 amide bonds. The van der Waals surface area contributed by atoms with Crippen molar-refractivity contribution >= 4 is 17.4 Å². The summed E-state index contributed by atoms with van der Waals surface area (Å²) in [6, 6.07) is 0. The highest BCUT2D eigenvalue weighted by molar-refractivity contribution is 6.26. The summed E-state index contributed by atoms with van der Waals surface area (Å²) in [6.07, 6.45) is 6.62. The molecule has 13 heavy (non-hydrogen) atoms. The Balaban J connectivity index is 2.72. The van der Waals surface area contributed by atoms with Crippen molar-refractivity contribution in [2.24, 2.45) is 0 Å². The van der Waals surface area contributed by atoms with E-state index in [-0.39, 0.29) is 11.2 Å². The SMILES string of the molecule is C=C/C=C/CC1=C(C)C(Cl)CC1=O. The number of rotatable bonds is 3. The van der Waals surface area contributed by atoms with Gasteiger partial charge in [-0.3, -0.25) is 4.79 Å². The Bertz CT molecular complexity index is 286. The zero-order chi connectivity index (χ0) is 9.84. The summed E-state index contributed by atoms with van der Waals surface area (Å²) in [5.41, 5.74) is 1.90. The Morgan fingerprint density at radius 3 is 2.85 bits per heavy atom. The fraction of sp³-hybridized carbons (Fsp3) is 0.364. The summed E-state index contributed by atoms with van der Waals surface area (Å²) in [5, 5.41) is -0.0837. The topological polar surface area (TPSA) is 17.1 Å². The maximum Gasteiger partial charge on any atom is 0.160 e. The third kappa shape index (κ3) is 2.31. The molecule has 1 nitrogen and oxygen atoms in total. The minimum absolute atomic E-state index is 0.0837. The van der Waals surface area contributed by atoms with E-state index in [9.17, 15) is 4.79 Å². The third-order valence-electron chi connectivity index (χ3n) is 2.24. The second-order valence-corrected chi connectivity index (χ2v) is 3.65. The number of allylic oxidation sites excluding steroid dienone is 5. The van der Waals surface area contributed by atoms with Crippen LogP contribution in [0.15, 0.2) is 36.0 Å². The maximum atomic E-state index is 11.4. The molecule has 0 N–H and O–H groups in total. The van der Waals surface area contributed by atoms with Gasteiger partial charge >= 0.3 is 0 Å². The molecule has 1 unspecified atom stereocenters. The van der Waals surface area contributed by atoms with Crippen molar-refractivity contribution in [3.05, 3.63) is 36.0 Å². The number of carbonyl (C=O) groups excluding carboxylic acids is 1. The minimum atomic E-state index is -0.0837. The van der Waals surface area contributed by atoms with Gasteiger partial charge in [-0.1, -0.05) is 24.8 Å². The summed E-state index contributed by atoms with van der Waals surface area (Å²) < 4.78 is 0. The average Bonchev–Trinajstić information content (AvgIpc) is 2.32. The Morgan fingerprint density at radius 1 is 1.69 bits per heavy atom. The molecule has 0 aromatic heterocycles. The fourth-order valence-corrected chi connectivity index (χ4v) is 1.68. The molecule has 0 radical (unpaired) electrons. The summed E-state index contributed by atoms with van der Waals surface area (Å²) in [7, 11) is 0. The largest absolute Gasteiger partial charge is 0.294 e. The maximum absolute atomic E-state index is 11.4. The summed E-state index contributed by atoms with van der Waals surface area (Å²) >= 11 is 5.94. The molecule has 0 heterocycles. The molecule has 1 aliphatic rings. The second-order valence-electron chi connectivity index (χ2n) is 3.12. The van der Waals surface area contributed by atoms with Crippen LogP contribution in [-0.4, -0.2) is 11.2 Å². The molecule has 1 aliphatic carbocycles. The van der Waals surface area contributed by atoms with Gasteiger partial charge in [0, 0.05) is 6.42 Å². The van der Waals surface area contributed by atoms with Crippen LogP contribution in [0.25, 0.3) is 0 Å². The van der Waals surface area contributed by atoms with Crippen LogP contribution < -0.4 is 0 Å². The predicted molar refractivity (Wildman–Crippen MR) is 55.9 cm³/mol. The average molecular weight is 197 g/mol. The van der Waals surface area contributed by atoms with Crippen LogP contribution in [0.1, 0.15) is 19.8 Å². The van der Waals surface area contributed by atoms with Crippen molar-refractivity contribution in [3.63, 3.8) is 0 Å². The van der Waals surface area contributed by atoms with E-state index in [1.165, 1.54) is 0 Å². The van der Waals surface area contributed by atoms with Crippen molar-refractivity contribution in [3.8, 4) is 0 Å². The van der Waals surface area contributed by atoms with E-state index in [0.29, 0.717) is 12.8 Å². The van der Waals surface area contributed by atoms with Crippen molar-refractivity contribution in [1.82, 2.24) is 0 Å². The van der Waals surface area contributed by atoms with E-state index < -0.39 is 0 Å². The van der Waals surface area contributed by atoms with Crippen LogP contribution in [0.5, 0.6) is 0 Å². The molecule has 2 heteroatoms. The Morgan fingerprint density at radius 2 is 2.38 bits per heavy atom. The van der Waals surface area contributed by atoms with Gasteiger partial charge in [0.05, 0.1) is 5.38 Å². The van der Waals surface area contributed by atoms with Crippen molar-refractivity contribution < 1.29 is 4.79 Å². The molecular formula is C11H13ClO. The van der Waals surface area contributed by atoms with Crippen LogP contribution in [0, 0.1) is 0 Å². The Kier molecular flexibility index (Phi) is 3.49. The molecule has 0 spiro atoms. The molecule has 0 fully saturated rings. The lowest BCUT2D eigenvalue weighted by Crippen LogP contribution is -1.96. The van der Waals surface area contributed by atoms with Gasteiger partial charge in [-0.25, -0.2) is 0 Å². The van der Waals surface area contributed by atoms with Gasteiger partial charge in [0.15, 0.2) is 5.78 Å². The molecule has 0 aliphatic heterocycles. The predicted octanol–water partition coefficient (Wildman–Crippen LogP) is 3.02. The monoisotopic (exact) mass is 196 g/mol. The van der Waals surface area contributed by atoms with Crippen LogP contribution in [0.2, 0.25) is 0 Å². The minimum Gasteiger partial charge on any atom is -0.294 e. The summed E-state index contributed by atoms with van der Waals surface area (Å²) in [5.74, 6) is 0.186. The first-order chi connectivity index (χ1) is 6.16. The van der Waals surface area contributed by atoms with E-state index >= 15 is 0 Å². The van der Waals surface area contributed by atoms with Gasteiger partial charge in [0.25, 0.3) is 0 Å². The summed E-state index contributed by atoms with van der Waals surface area (Å²) in [6.45, 7) is 5.49. The quantitative estimate of drug-likeness (QED) is 0.501. The number of carbonyl (C=O) groups is 1. The molecule has 0 saturated heterocycles. The van der Waals surface area contributed by atoms with Crippen molar-refractivity contribution in [1.29, 1.82) is 0 Å². The molecule has 0 bridgehead atoms. The van der Waals surface area contributed by atoms with Gasteiger partial charge in [0.2, 0.25) is 0 Å². The molecular weight excluding hydrogens is 184 g/mol. The van der Waals surface area contributed by atoms with Crippen LogP contribution in [-0.2, 0) is 4.79 Å². The van der Waals surface area contributed by atoms with Gasteiger partial charge in [-0.2, -0.15) is 0 Å². The lowest BCUT2D eigenvalue weighted by Gasteiger charge is -1.98. The molecule has 0 aromatic rings. The Labute approximate surface area is 83.8 Å². The first-order valence-electron chi connectivity index (χ1n) is 4.31. The van der Waals surface area contributed by atoms with E-state index in [1.807, 2.05) is 19.1 Å². The number of alkyl halides is 1. The highest BCUT2D eigenvalue weighted by atomic mass is 35.5. The van der Waals surface area contributed by atoms with Crippen molar-refractivity contribution in [2.45, 2.75) is 25.1 Å². The second kappa shape index (κ2) is 4.43. The standard InChI is InChI=1S/C11H13ClO/c1-3-4-5-6-9-8(2)10(12)7-11(9)13/h3-5,10H,1,6-7H2,2H3/b5-4+. The summed E-state index contributed by atoms with van der Waals surface area (Å²) in [4.78, 5) is 11.4. The number of Topliss-reactive ketones (excluding diaryl/α,β-unsaturated/α-hetero) is 1. The number of hydrogen-bond acceptors (Lipinski definition) is 1. The zero-order valence-electron chi connectivity index (χ0n) is 7.72. The van der Waals surface area contributed by atoms with Crippen LogP contribution in [0.3, 0.4) is 0 Å². The smallest absolute Gasteiger partial charge is 0.160 e. The Hall–Kier alpha value is -0.820. The first kappa shape index (κ1) is 10.3. The van der Waals surface area contributed by atoms with Crippen molar-refractivity contribution in [2.75, 3.05) is 0 Å². The zero-order valence-corrected chi connectivity index (χ0v) is 8.47. The lowest BCUT2D eigenvalue weighted by molar-refractivity contribution is -0.114. The third-order valence-corrected chi connectivity index (χ3v) is 2.72. The normalized spacial score (nSPS) is 23.2. The van der Waals surface area contributed by atoms with Crippen LogP contribution in [0.4, 0.5) is 0 Å². The molecule has 0 saturated carbocycles. The molecule has 1 rings (SSSR count). The molecule has 70 valence electrons. The number of ketones is 1. The first-order valence-corrected chi connectivity index (χ1v) is 4.75. The van der Waals surface area contributed by atoms with Gasteiger partial charge in [0.1, 0.15) is 0 Å². The van der Waals surface area contributed by atoms with Gasteiger partial charge < -0.3 is 0 Å². The van der Waals surface area contributed by atoms with Gasteiger partial charge in [-0.05, 0) is 24.5 Å². The highest BCUT2D eigenvalue weighted by Gasteiger charge is 2.26. The number of halogens is 1.